The van der Waals surface area contributed by atoms with Gasteiger partial charge in [0.15, 0.2) is 0 Å². The van der Waals surface area contributed by atoms with Crippen LogP contribution in [0.2, 0.25) is 0 Å². The van der Waals surface area contributed by atoms with Gasteiger partial charge in [-0.1, -0.05) is 0 Å². The molecule has 1 rings (SSSR count). The fourth-order valence-corrected chi connectivity index (χ4v) is 0.642. The van der Waals surface area contributed by atoms with Gasteiger partial charge in [-0.05, 0) is 0 Å². The van der Waals surface area contributed by atoms with Gasteiger partial charge in [-0.15, -0.1) is 0 Å². The van der Waals surface area contributed by atoms with Crippen LogP contribution >= 0.6 is 0 Å². The van der Waals surface area contributed by atoms with Crippen molar-refractivity contribution in [3.05, 3.63) is 11.6 Å². The summed E-state index contributed by atoms with van der Waals surface area (Å²) in [5.74, 6) is 1.10. The quantitative estimate of drug-likeness (QED) is 0.300. The molecule has 0 unspecified atom stereocenters. The molecule has 0 aromatic heterocycles. The molecule has 0 saturated carbocycles. The maximum atomic E-state index is 5.23. The van der Waals surface area contributed by atoms with Gasteiger partial charge < -0.3 is 22.1 Å². The summed E-state index contributed by atoms with van der Waals surface area (Å²) in [5.41, 5.74) is 10.5. The van der Waals surface area contributed by atoms with E-state index in [4.69, 9.17) is 11.5 Å². The first-order chi connectivity index (χ1) is 3.80. The molecule has 1 saturated heterocycles. The highest BCUT2D eigenvalue weighted by atomic mass is 15.2. The fraction of sp³-hybridized carbons (Fsp3) is 0.500. The second-order valence-electron chi connectivity index (χ2n) is 1.68. The Hall–Kier alpha value is -1.06. The van der Waals surface area contributed by atoms with E-state index in [0.29, 0.717) is 5.82 Å². The Morgan fingerprint density at radius 1 is 1.25 bits per heavy atom. The highest BCUT2D eigenvalue weighted by molar-refractivity contribution is 5.06. The van der Waals surface area contributed by atoms with Crippen LogP contribution in [0.25, 0.3) is 0 Å². The summed E-state index contributed by atoms with van der Waals surface area (Å²) < 4.78 is 0. The van der Waals surface area contributed by atoms with Crippen LogP contribution in [0.5, 0.6) is 0 Å². The molecule has 6 N–H and O–H groups in total. The number of nitrogens with two attached hydrogens (primary N) is 2. The molecule has 1 aliphatic heterocycles. The molecule has 1 aliphatic rings. The number of hydrogen-bond donors (Lipinski definition) is 4. The molecule has 46 valence electrons. The monoisotopic (exact) mass is 114 g/mol. The van der Waals surface area contributed by atoms with E-state index in [1.807, 2.05) is 0 Å². The standard InChI is InChI=1S/C4H10N4/c5-3(6)4-7-1-2-8-4/h7-8H,1-2,5-6H2. The predicted octanol–water partition coefficient (Wildman–Crippen LogP) is -1.78. The van der Waals surface area contributed by atoms with Crippen LogP contribution in [0.3, 0.4) is 0 Å². The molecule has 8 heavy (non-hydrogen) atoms. The number of hydrogen-bond acceptors (Lipinski definition) is 4. The van der Waals surface area contributed by atoms with Gasteiger partial charge in [-0.25, -0.2) is 0 Å². The first-order valence-electron chi connectivity index (χ1n) is 2.53. The maximum absolute atomic E-state index is 5.23. The van der Waals surface area contributed by atoms with Crippen LogP contribution in [0, 0.1) is 0 Å². The number of nitrogens with one attached hydrogen (secondary N) is 2. The minimum atomic E-state index is 0.336. The van der Waals surface area contributed by atoms with E-state index in [0.717, 1.165) is 18.9 Å². The Morgan fingerprint density at radius 2 is 1.75 bits per heavy atom. The average molecular weight is 114 g/mol. The summed E-state index contributed by atoms with van der Waals surface area (Å²) in [6.45, 7) is 1.82. The zero-order chi connectivity index (χ0) is 5.98. The zero-order valence-electron chi connectivity index (χ0n) is 4.57. The maximum Gasteiger partial charge on any atom is 0.140 e. The van der Waals surface area contributed by atoms with Crippen LogP contribution in [0.15, 0.2) is 11.6 Å². The molecular weight excluding hydrogens is 104 g/mol. The van der Waals surface area contributed by atoms with Crippen molar-refractivity contribution < 1.29 is 0 Å². The lowest BCUT2D eigenvalue weighted by molar-refractivity contribution is 0.903. The Balaban J connectivity index is 2.58. The third-order valence-corrected chi connectivity index (χ3v) is 1.02. The molecule has 0 aromatic rings. The second kappa shape index (κ2) is 1.81. The molecule has 0 aliphatic carbocycles. The van der Waals surface area contributed by atoms with Crippen molar-refractivity contribution in [1.82, 2.24) is 10.6 Å². The molecule has 0 atom stereocenters. The van der Waals surface area contributed by atoms with Gasteiger partial charge in [0, 0.05) is 13.1 Å². The van der Waals surface area contributed by atoms with E-state index in [1.54, 1.807) is 0 Å². The lowest BCUT2D eigenvalue weighted by Gasteiger charge is -1.99. The van der Waals surface area contributed by atoms with E-state index in [9.17, 15) is 0 Å². The molecule has 4 heteroatoms. The molecule has 1 heterocycles. The van der Waals surface area contributed by atoms with Gasteiger partial charge in [0.25, 0.3) is 0 Å². The normalized spacial score (nSPS) is 17.2. The molecule has 0 amide bonds. The van der Waals surface area contributed by atoms with Crippen LogP contribution < -0.4 is 22.1 Å². The third-order valence-electron chi connectivity index (χ3n) is 1.02. The summed E-state index contributed by atoms with van der Waals surface area (Å²) >= 11 is 0. The Morgan fingerprint density at radius 3 is 2.00 bits per heavy atom. The van der Waals surface area contributed by atoms with E-state index < -0.39 is 0 Å². The first-order valence-corrected chi connectivity index (χ1v) is 2.53. The highest BCUT2D eigenvalue weighted by Crippen LogP contribution is 1.87. The zero-order valence-corrected chi connectivity index (χ0v) is 4.57. The minimum absolute atomic E-state index is 0.336. The van der Waals surface area contributed by atoms with Crippen molar-refractivity contribution in [2.75, 3.05) is 13.1 Å². The van der Waals surface area contributed by atoms with E-state index in [1.165, 1.54) is 0 Å². The SMILES string of the molecule is NC(N)=C1NCCN1. The van der Waals surface area contributed by atoms with Crippen molar-refractivity contribution in [2.45, 2.75) is 0 Å². The van der Waals surface area contributed by atoms with Crippen molar-refractivity contribution in [3.8, 4) is 0 Å². The molecule has 0 radical (unpaired) electrons. The Kier molecular flexibility index (Phi) is 1.15. The Bertz CT molecular complexity index is 105. The smallest absolute Gasteiger partial charge is 0.140 e. The van der Waals surface area contributed by atoms with E-state index in [2.05, 4.69) is 10.6 Å². The van der Waals surface area contributed by atoms with Crippen LogP contribution in [0.4, 0.5) is 0 Å². The Labute approximate surface area is 47.9 Å². The molecular formula is C4H10N4. The van der Waals surface area contributed by atoms with E-state index >= 15 is 0 Å². The van der Waals surface area contributed by atoms with Crippen LogP contribution in [-0.4, -0.2) is 13.1 Å². The van der Waals surface area contributed by atoms with Gasteiger partial charge in [0.05, 0.1) is 0 Å². The molecule has 0 aromatic carbocycles. The van der Waals surface area contributed by atoms with Crippen LogP contribution in [0.1, 0.15) is 0 Å². The van der Waals surface area contributed by atoms with Gasteiger partial charge in [0.2, 0.25) is 0 Å². The summed E-state index contributed by atoms with van der Waals surface area (Å²) in [7, 11) is 0. The van der Waals surface area contributed by atoms with Gasteiger partial charge >= 0.3 is 0 Å². The summed E-state index contributed by atoms with van der Waals surface area (Å²) in [5, 5.41) is 5.95. The first kappa shape index (κ1) is 5.08. The molecule has 1 fully saturated rings. The van der Waals surface area contributed by atoms with Crippen molar-refractivity contribution in [2.24, 2.45) is 11.5 Å². The third kappa shape index (κ3) is 0.776. The van der Waals surface area contributed by atoms with Crippen molar-refractivity contribution >= 4 is 0 Å². The largest absolute Gasteiger partial charge is 0.383 e. The topological polar surface area (TPSA) is 76.1 Å². The lowest BCUT2D eigenvalue weighted by atomic mass is 10.7. The van der Waals surface area contributed by atoms with Crippen molar-refractivity contribution in [3.63, 3.8) is 0 Å². The molecule has 0 spiro atoms. The van der Waals surface area contributed by atoms with Gasteiger partial charge in [-0.2, -0.15) is 0 Å². The summed E-state index contributed by atoms with van der Waals surface area (Å²) in [6, 6.07) is 0. The van der Waals surface area contributed by atoms with Crippen molar-refractivity contribution in [1.29, 1.82) is 0 Å². The minimum Gasteiger partial charge on any atom is -0.383 e. The summed E-state index contributed by atoms with van der Waals surface area (Å²) in [6.07, 6.45) is 0. The van der Waals surface area contributed by atoms with Gasteiger partial charge in [0.1, 0.15) is 11.6 Å². The van der Waals surface area contributed by atoms with Crippen LogP contribution in [-0.2, 0) is 0 Å². The lowest BCUT2D eigenvalue weighted by Crippen LogP contribution is -2.22. The predicted molar refractivity (Wildman–Crippen MR) is 31.4 cm³/mol. The summed E-state index contributed by atoms with van der Waals surface area (Å²) in [4.78, 5) is 0. The second-order valence-corrected chi connectivity index (χ2v) is 1.68. The highest BCUT2D eigenvalue weighted by Gasteiger charge is 2.04. The van der Waals surface area contributed by atoms with E-state index in [-0.39, 0.29) is 0 Å². The molecule has 4 nitrogen and oxygen atoms in total. The number of rotatable bonds is 0. The van der Waals surface area contributed by atoms with Gasteiger partial charge in [-0.3, -0.25) is 0 Å². The molecule has 0 bridgehead atoms. The average Bonchev–Trinajstić information content (AvgIpc) is 2.12. The fourth-order valence-electron chi connectivity index (χ4n) is 0.642.